The Morgan fingerprint density at radius 1 is 0.714 bits per heavy atom. The first-order chi connectivity index (χ1) is 22.8. The van der Waals surface area contributed by atoms with Crippen LogP contribution in [0.1, 0.15) is 56.9 Å². The van der Waals surface area contributed by atoms with Crippen LogP contribution in [-0.2, 0) is 51.3 Å². The van der Waals surface area contributed by atoms with E-state index in [-0.39, 0.29) is 36.6 Å². The van der Waals surface area contributed by atoms with Crippen LogP contribution < -0.4 is 10.6 Å². The number of aliphatic hydroxyl groups excluding tert-OH is 2. The largest absolute Gasteiger partial charge is 0.507 e. The lowest BCUT2D eigenvalue weighted by Gasteiger charge is -2.19. The van der Waals surface area contributed by atoms with Gasteiger partial charge in [0.2, 0.25) is 0 Å². The van der Waals surface area contributed by atoms with E-state index >= 15 is 0 Å². The molecule has 0 saturated carbocycles. The molecule has 0 bridgehead atoms. The molecule has 16 heteroatoms. The second kappa shape index (κ2) is 19.2. The van der Waals surface area contributed by atoms with E-state index in [0.29, 0.717) is 17.2 Å². The van der Waals surface area contributed by atoms with E-state index in [1.54, 1.807) is 57.3 Å². The Morgan fingerprint density at radius 2 is 1.12 bits per heavy atom. The predicted molar refractivity (Wildman–Crippen MR) is 168 cm³/mol. The molecule has 49 heavy (non-hydrogen) atoms. The lowest BCUT2D eigenvalue weighted by atomic mass is 10.1. The third-order valence-corrected chi connectivity index (χ3v) is 5.48. The van der Waals surface area contributed by atoms with Crippen LogP contribution in [0.25, 0.3) is 11.5 Å². The highest BCUT2D eigenvalue weighted by Gasteiger charge is 2.38. The number of amides is 2. The number of esters is 2. The Bertz CT molecular complexity index is 1580. The molecule has 0 aliphatic heterocycles. The van der Waals surface area contributed by atoms with Crippen molar-refractivity contribution >= 4 is 47.0 Å². The highest BCUT2D eigenvalue weighted by atomic mass is 19.4. The zero-order valence-electron chi connectivity index (χ0n) is 27.3. The minimum atomic E-state index is -4.99. The van der Waals surface area contributed by atoms with Gasteiger partial charge in [0.25, 0.3) is 11.6 Å². The highest BCUT2D eigenvalue weighted by molar-refractivity contribution is 6.39. The number of nitrogens with one attached hydrogen (secondary N) is 2. The van der Waals surface area contributed by atoms with Crippen LogP contribution in [0.2, 0.25) is 0 Å². The molecule has 2 aromatic carbocycles. The number of halogens is 3. The van der Waals surface area contributed by atoms with Gasteiger partial charge in [-0.15, -0.1) is 0 Å². The molecule has 0 fully saturated rings. The van der Waals surface area contributed by atoms with Gasteiger partial charge in [0.05, 0.1) is 13.2 Å². The van der Waals surface area contributed by atoms with Crippen LogP contribution in [0.4, 0.5) is 18.0 Å². The van der Waals surface area contributed by atoms with Crippen molar-refractivity contribution in [1.82, 2.24) is 10.6 Å². The fourth-order valence-electron chi connectivity index (χ4n) is 3.39. The molecule has 0 aliphatic rings. The van der Waals surface area contributed by atoms with Crippen LogP contribution in [0, 0.1) is 0 Å². The Balaban J connectivity index is 0.000000490. The zero-order valence-corrected chi connectivity index (χ0v) is 27.3. The highest BCUT2D eigenvalue weighted by Crippen LogP contribution is 2.17. The molecular formula is C33H37F3N2O11. The van der Waals surface area contributed by atoms with Gasteiger partial charge >= 0.3 is 30.1 Å². The Hall–Kier alpha value is -5.67. The van der Waals surface area contributed by atoms with Crippen molar-refractivity contribution in [2.45, 2.75) is 59.5 Å². The topological polar surface area (TPSA) is 195 Å². The molecule has 266 valence electrons. The summed E-state index contributed by atoms with van der Waals surface area (Å²) in [5.74, 6) is -7.21. The number of carbonyl (C=O) groups excluding carboxylic acids is 6. The number of hydrogen-bond donors (Lipinski definition) is 4. The van der Waals surface area contributed by atoms with Crippen molar-refractivity contribution in [3.05, 3.63) is 82.9 Å². The van der Waals surface area contributed by atoms with E-state index in [1.807, 2.05) is 0 Å². The van der Waals surface area contributed by atoms with Gasteiger partial charge in [0.15, 0.2) is 0 Å². The first kappa shape index (κ1) is 41.4. The molecule has 2 rings (SSSR count). The minimum Gasteiger partial charge on any atom is -0.507 e. The van der Waals surface area contributed by atoms with Gasteiger partial charge in [0.1, 0.15) is 17.1 Å². The second-order valence-corrected chi connectivity index (χ2v) is 10.7. The fraction of sp³-hybridized carbons (Fsp3) is 0.333. The molecule has 0 saturated heterocycles. The van der Waals surface area contributed by atoms with Gasteiger partial charge in [-0.05, 0) is 57.9 Å². The van der Waals surface area contributed by atoms with Crippen molar-refractivity contribution in [3.8, 4) is 0 Å². The first-order valence-corrected chi connectivity index (χ1v) is 14.5. The van der Waals surface area contributed by atoms with Crippen LogP contribution in [0.15, 0.2) is 60.7 Å². The molecule has 13 nitrogen and oxygen atoms in total. The smallest absolute Gasteiger partial charge is 0.471 e. The van der Waals surface area contributed by atoms with Crippen LogP contribution in [-0.4, -0.2) is 70.7 Å². The molecule has 2 aromatic rings. The summed E-state index contributed by atoms with van der Waals surface area (Å²) in [6.07, 6.45) is -4.11. The van der Waals surface area contributed by atoms with Crippen LogP contribution in [0.5, 0.6) is 0 Å². The third-order valence-electron chi connectivity index (χ3n) is 5.48. The number of alkyl carbamates (subject to hydrolysis) is 1. The number of hydrogen-bond acceptors (Lipinski definition) is 11. The monoisotopic (exact) mass is 694 g/mol. The van der Waals surface area contributed by atoms with Crippen LogP contribution >= 0.6 is 0 Å². The Kier molecular flexibility index (Phi) is 16.2. The number of carbonyl (C=O) groups is 6. The second-order valence-electron chi connectivity index (χ2n) is 10.7. The molecule has 0 atom stereocenters. The van der Waals surface area contributed by atoms with E-state index in [4.69, 9.17) is 4.74 Å². The minimum absolute atomic E-state index is 0.00639. The van der Waals surface area contributed by atoms with Crippen molar-refractivity contribution in [3.63, 3.8) is 0 Å². The molecule has 0 heterocycles. The molecule has 2 amide bonds. The van der Waals surface area contributed by atoms with Crippen molar-refractivity contribution in [2.24, 2.45) is 0 Å². The summed E-state index contributed by atoms with van der Waals surface area (Å²) in [6, 6.07) is 12.0. The summed E-state index contributed by atoms with van der Waals surface area (Å²) in [4.78, 5) is 67.8. The average Bonchev–Trinajstić information content (AvgIpc) is 3.02. The quantitative estimate of drug-likeness (QED) is 0.0795. The van der Waals surface area contributed by atoms with Gasteiger partial charge in [-0.25, -0.2) is 14.4 Å². The lowest BCUT2D eigenvalue weighted by molar-refractivity contribution is -0.173. The number of ether oxygens (including phenoxy) is 3. The Morgan fingerprint density at radius 3 is 1.49 bits per heavy atom. The normalized spacial score (nSPS) is 11.7. The maximum Gasteiger partial charge on any atom is 0.471 e. The number of benzene rings is 2. The summed E-state index contributed by atoms with van der Waals surface area (Å²) >= 11 is 0. The zero-order chi connectivity index (χ0) is 37.4. The van der Waals surface area contributed by atoms with Crippen LogP contribution in [0.3, 0.4) is 0 Å². The van der Waals surface area contributed by atoms with E-state index in [2.05, 4.69) is 14.8 Å². The van der Waals surface area contributed by atoms with Gasteiger partial charge in [0, 0.05) is 36.4 Å². The SMILES string of the molecule is CCOC(=O)C(=O)C=C(O)c1cccc(CNC(=O)C(F)(F)F)c1.CCOC(=O)C(=O)C=C(O)c1cccc(CNC(=O)OC(C)(C)C)c1. The number of alkyl halides is 3. The molecule has 0 radical (unpaired) electrons. The fourth-order valence-corrected chi connectivity index (χ4v) is 3.39. The van der Waals surface area contributed by atoms with Gasteiger partial charge in [-0.1, -0.05) is 36.4 Å². The third kappa shape index (κ3) is 16.1. The summed E-state index contributed by atoms with van der Waals surface area (Å²) in [7, 11) is 0. The molecule has 0 aliphatic carbocycles. The maximum absolute atomic E-state index is 12.1. The molecule has 0 spiro atoms. The maximum atomic E-state index is 12.1. The van der Waals surface area contributed by atoms with Gasteiger partial charge < -0.3 is 35.1 Å². The summed E-state index contributed by atoms with van der Waals surface area (Å²) < 4.78 is 50.5. The average molecular weight is 695 g/mol. The lowest BCUT2D eigenvalue weighted by Crippen LogP contribution is -2.36. The molecule has 0 unspecified atom stereocenters. The van der Waals surface area contributed by atoms with E-state index in [0.717, 1.165) is 6.08 Å². The number of ketones is 2. The number of rotatable bonds is 12. The van der Waals surface area contributed by atoms with Crippen molar-refractivity contribution < 1.29 is 66.4 Å². The summed E-state index contributed by atoms with van der Waals surface area (Å²) in [6.45, 7) is 8.19. The number of aliphatic hydroxyl groups is 2. The van der Waals surface area contributed by atoms with Crippen molar-refractivity contribution in [1.29, 1.82) is 0 Å². The van der Waals surface area contributed by atoms with Crippen molar-refractivity contribution in [2.75, 3.05) is 13.2 Å². The standard InChI is InChI=1S/C18H23NO6.C15H14F3NO5/c1-5-24-16(22)15(21)10-14(20)13-8-6-7-12(9-13)11-19-17(23)25-18(2,3)4;1-2-24-13(22)12(21)7-11(20)10-5-3-4-9(6-10)8-19-14(23)15(16,17)18/h6-10,20H,5,11H2,1-4H3,(H,19,23);3-7,20H,2,8H2,1H3,(H,19,23). The van der Waals surface area contributed by atoms with E-state index in [1.165, 1.54) is 31.2 Å². The van der Waals surface area contributed by atoms with Gasteiger partial charge in [-0.2, -0.15) is 13.2 Å². The molecular weight excluding hydrogens is 657 g/mol. The first-order valence-electron chi connectivity index (χ1n) is 14.5. The predicted octanol–water partition coefficient (Wildman–Crippen LogP) is 4.64. The summed E-state index contributed by atoms with van der Waals surface area (Å²) in [5.41, 5.74) is 0.772. The van der Waals surface area contributed by atoms with E-state index in [9.17, 15) is 52.2 Å². The summed E-state index contributed by atoms with van der Waals surface area (Å²) in [5, 5.41) is 24.1. The van der Waals surface area contributed by atoms with E-state index < -0.39 is 59.6 Å². The van der Waals surface area contributed by atoms with Gasteiger partial charge in [-0.3, -0.25) is 14.4 Å². The molecule has 4 N–H and O–H groups in total. The molecule has 0 aromatic heterocycles. The Labute approximate surface area is 279 Å².